The van der Waals surface area contributed by atoms with Crippen LogP contribution in [0.4, 0.5) is 5.82 Å². The van der Waals surface area contributed by atoms with E-state index in [1.54, 1.807) is 12.4 Å². The van der Waals surface area contributed by atoms with E-state index in [0.29, 0.717) is 17.8 Å². The second-order valence-corrected chi connectivity index (χ2v) is 4.79. The molecule has 21 heavy (non-hydrogen) atoms. The van der Waals surface area contributed by atoms with Gasteiger partial charge in [-0.2, -0.15) is 0 Å². The summed E-state index contributed by atoms with van der Waals surface area (Å²) in [7, 11) is 0. The first-order valence-electron chi connectivity index (χ1n) is 6.79. The van der Waals surface area contributed by atoms with Crippen molar-refractivity contribution in [1.82, 2.24) is 19.9 Å². The Labute approximate surface area is 121 Å². The molecule has 6 nitrogen and oxygen atoms in total. The summed E-state index contributed by atoms with van der Waals surface area (Å²) in [5.41, 5.74) is 8.56. The lowest BCUT2D eigenvalue weighted by molar-refractivity contribution is 0.892. The molecule has 106 valence electrons. The number of anilines is 1. The molecule has 0 fully saturated rings. The van der Waals surface area contributed by atoms with Gasteiger partial charge in [0.25, 0.3) is 5.56 Å². The van der Waals surface area contributed by atoms with Crippen LogP contribution in [-0.4, -0.2) is 19.9 Å². The van der Waals surface area contributed by atoms with E-state index in [-0.39, 0.29) is 11.4 Å². The maximum absolute atomic E-state index is 12.1. The van der Waals surface area contributed by atoms with Crippen molar-refractivity contribution in [3.05, 3.63) is 46.5 Å². The first-order chi connectivity index (χ1) is 10.2. The summed E-state index contributed by atoms with van der Waals surface area (Å²) in [6, 6.07) is 5.52. The lowest BCUT2D eigenvalue weighted by Crippen LogP contribution is -2.18. The number of rotatable bonds is 3. The highest BCUT2D eigenvalue weighted by atomic mass is 16.1. The Morgan fingerprint density at radius 3 is 2.67 bits per heavy atom. The first-order valence-corrected chi connectivity index (χ1v) is 6.79. The molecule has 0 aliphatic carbocycles. The van der Waals surface area contributed by atoms with Crippen molar-refractivity contribution in [2.45, 2.75) is 19.8 Å². The van der Waals surface area contributed by atoms with Gasteiger partial charge in [-0.25, -0.2) is 4.98 Å². The van der Waals surface area contributed by atoms with Gasteiger partial charge in [-0.05, 0) is 24.6 Å². The second kappa shape index (κ2) is 5.32. The highest BCUT2D eigenvalue weighted by Crippen LogP contribution is 2.20. The molecule has 1 aromatic carbocycles. The normalized spacial score (nSPS) is 10.9. The Kier molecular flexibility index (Phi) is 3.35. The van der Waals surface area contributed by atoms with Crippen LogP contribution < -0.4 is 11.3 Å². The molecule has 2 aromatic heterocycles. The van der Waals surface area contributed by atoms with Crippen LogP contribution in [0.2, 0.25) is 0 Å². The minimum atomic E-state index is -0.182. The lowest BCUT2D eigenvalue weighted by Gasteiger charge is -2.06. The lowest BCUT2D eigenvalue weighted by atomic mass is 10.1. The quantitative estimate of drug-likeness (QED) is 0.764. The molecule has 0 unspecified atom stereocenters. The fourth-order valence-electron chi connectivity index (χ4n) is 2.25. The SMILES string of the molecule is CCCc1c(N)nc(-c2ccc3nccnc3c2)[nH]c1=O. The van der Waals surface area contributed by atoms with Gasteiger partial charge < -0.3 is 10.7 Å². The van der Waals surface area contributed by atoms with Crippen LogP contribution >= 0.6 is 0 Å². The van der Waals surface area contributed by atoms with E-state index in [0.717, 1.165) is 23.0 Å². The van der Waals surface area contributed by atoms with Crippen molar-refractivity contribution in [2.24, 2.45) is 0 Å². The number of aromatic nitrogens is 4. The Balaban J connectivity index is 2.12. The highest BCUT2D eigenvalue weighted by molar-refractivity contribution is 5.79. The average Bonchev–Trinajstić information content (AvgIpc) is 2.50. The van der Waals surface area contributed by atoms with Crippen LogP contribution in [0.25, 0.3) is 22.4 Å². The van der Waals surface area contributed by atoms with Gasteiger partial charge in [-0.15, -0.1) is 0 Å². The third-order valence-electron chi connectivity index (χ3n) is 3.29. The molecule has 0 bridgehead atoms. The first kappa shape index (κ1) is 13.2. The maximum atomic E-state index is 12.1. The fourth-order valence-corrected chi connectivity index (χ4v) is 2.25. The predicted molar refractivity (Wildman–Crippen MR) is 81.8 cm³/mol. The van der Waals surface area contributed by atoms with Crippen molar-refractivity contribution in [2.75, 3.05) is 5.73 Å². The summed E-state index contributed by atoms with van der Waals surface area (Å²) >= 11 is 0. The van der Waals surface area contributed by atoms with E-state index in [1.165, 1.54) is 0 Å². The monoisotopic (exact) mass is 281 g/mol. The second-order valence-electron chi connectivity index (χ2n) is 4.79. The minimum Gasteiger partial charge on any atom is -0.383 e. The number of hydrogen-bond acceptors (Lipinski definition) is 5. The smallest absolute Gasteiger partial charge is 0.256 e. The zero-order valence-electron chi connectivity index (χ0n) is 11.6. The third kappa shape index (κ3) is 2.47. The van der Waals surface area contributed by atoms with Crippen molar-refractivity contribution in [3.63, 3.8) is 0 Å². The summed E-state index contributed by atoms with van der Waals surface area (Å²) in [5, 5.41) is 0. The fraction of sp³-hybridized carbons (Fsp3) is 0.200. The van der Waals surface area contributed by atoms with Gasteiger partial charge in [0.1, 0.15) is 11.6 Å². The third-order valence-corrected chi connectivity index (χ3v) is 3.29. The highest BCUT2D eigenvalue weighted by Gasteiger charge is 2.10. The van der Waals surface area contributed by atoms with Crippen molar-refractivity contribution < 1.29 is 0 Å². The van der Waals surface area contributed by atoms with Crippen LogP contribution in [0.3, 0.4) is 0 Å². The Morgan fingerprint density at radius 2 is 1.95 bits per heavy atom. The molecule has 0 aliphatic rings. The zero-order valence-corrected chi connectivity index (χ0v) is 11.6. The Bertz CT molecular complexity index is 856. The largest absolute Gasteiger partial charge is 0.383 e. The molecule has 6 heteroatoms. The summed E-state index contributed by atoms with van der Waals surface area (Å²) < 4.78 is 0. The molecular weight excluding hydrogens is 266 g/mol. The molecule has 3 rings (SSSR count). The van der Waals surface area contributed by atoms with Gasteiger partial charge in [-0.1, -0.05) is 13.3 Å². The molecule has 0 atom stereocenters. The Hall–Kier alpha value is -2.76. The summed E-state index contributed by atoms with van der Waals surface area (Å²) in [5.74, 6) is 0.736. The molecule has 0 saturated heterocycles. The van der Waals surface area contributed by atoms with Crippen LogP contribution in [0.1, 0.15) is 18.9 Å². The molecule has 0 amide bonds. The summed E-state index contributed by atoms with van der Waals surface area (Å²) in [6.45, 7) is 1.99. The van der Waals surface area contributed by atoms with Gasteiger partial charge in [0, 0.05) is 18.0 Å². The van der Waals surface area contributed by atoms with Gasteiger partial charge >= 0.3 is 0 Å². The molecule has 3 N–H and O–H groups in total. The molecule has 0 spiro atoms. The number of benzene rings is 1. The van der Waals surface area contributed by atoms with E-state index in [4.69, 9.17) is 5.73 Å². The van der Waals surface area contributed by atoms with Crippen LogP contribution in [0.15, 0.2) is 35.4 Å². The molecule has 3 aromatic rings. The van der Waals surface area contributed by atoms with Crippen molar-refractivity contribution in [1.29, 1.82) is 0 Å². The topological polar surface area (TPSA) is 97.5 Å². The summed E-state index contributed by atoms with van der Waals surface area (Å²) in [4.78, 5) is 27.6. The van der Waals surface area contributed by atoms with E-state index >= 15 is 0 Å². The zero-order chi connectivity index (χ0) is 14.8. The number of nitrogens with one attached hydrogen (secondary N) is 1. The van der Waals surface area contributed by atoms with Crippen LogP contribution in [-0.2, 0) is 6.42 Å². The number of nitrogens with zero attached hydrogens (tertiary/aromatic N) is 3. The number of nitrogen functional groups attached to an aromatic ring is 1. The molecule has 0 saturated carbocycles. The average molecular weight is 281 g/mol. The van der Waals surface area contributed by atoms with Gasteiger partial charge in [0.05, 0.1) is 16.6 Å². The van der Waals surface area contributed by atoms with E-state index < -0.39 is 0 Å². The van der Waals surface area contributed by atoms with Crippen LogP contribution in [0.5, 0.6) is 0 Å². The van der Waals surface area contributed by atoms with E-state index in [1.807, 2.05) is 25.1 Å². The number of fused-ring (bicyclic) bond motifs is 1. The van der Waals surface area contributed by atoms with E-state index in [2.05, 4.69) is 19.9 Å². The maximum Gasteiger partial charge on any atom is 0.256 e. The number of nitrogens with two attached hydrogens (primary N) is 1. The molecule has 0 aliphatic heterocycles. The molecular formula is C15H15N5O. The molecule has 2 heterocycles. The Morgan fingerprint density at radius 1 is 1.19 bits per heavy atom. The van der Waals surface area contributed by atoms with E-state index in [9.17, 15) is 4.79 Å². The number of aromatic amines is 1. The molecule has 0 radical (unpaired) electrons. The predicted octanol–water partition coefficient (Wildman–Crippen LogP) is 1.91. The van der Waals surface area contributed by atoms with Crippen molar-refractivity contribution >= 4 is 16.9 Å². The van der Waals surface area contributed by atoms with Gasteiger partial charge in [-0.3, -0.25) is 14.8 Å². The minimum absolute atomic E-state index is 0.182. The standard InChI is InChI=1S/C15H15N5O/c1-2-3-10-13(16)19-14(20-15(10)21)9-4-5-11-12(8-9)18-7-6-17-11/h4-8H,2-3H2,1H3,(H3,16,19,20,21). The van der Waals surface area contributed by atoms with Crippen molar-refractivity contribution in [3.8, 4) is 11.4 Å². The number of H-pyrrole nitrogens is 1. The van der Waals surface area contributed by atoms with Crippen LogP contribution in [0, 0.1) is 0 Å². The number of hydrogen-bond donors (Lipinski definition) is 2. The van der Waals surface area contributed by atoms with Gasteiger partial charge in [0.15, 0.2) is 0 Å². The summed E-state index contributed by atoms with van der Waals surface area (Å²) in [6.07, 6.45) is 4.73. The van der Waals surface area contributed by atoms with Gasteiger partial charge in [0.2, 0.25) is 0 Å².